The predicted molar refractivity (Wildman–Crippen MR) is 83.6 cm³/mol. The second-order valence-corrected chi connectivity index (χ2v) is 5.59. The van der Waals surface area contributed by atoms with E-state index in [1.807, 2.05) is 24.1 Å². The van der Waals surface area contributed by atoms with Gasteiger partial charge in [-0.2, -0.15) is 5.10 Å². The average Bonchev–Trinajstić information content (AvgIpc) is 3.07. The topological polar surface area (TPSA) is 39.1 Å². The molecule has 0 saturated heterocycles. The van der Waals surface area contributed by atoms with Gasteiger partial charge in [0.15, 0.2) is 0 Å². The van der Waals surface area contributed by atoms with Crippen LogP contribution in [0, 0.1) is 0 Å². The van der Waals surface area contributed by atoms with Crippen molar-refractivity contribution in [2.45, 2.75) is 32.2 Å². The van der Waals surface area contributed by atoms with Crippen LogP contribution in [0.4, 0.5) is 0 Å². The van der Waals surface area contributed by atoms with Crippen LogP contribution in [0.3, 0.4) is 0 Å². The highest BCUT2D eigenvalue weighted by molar-refractivity contribution is 5.45. The Morgan fingerprint density at radius 3 is 3.10 bits per heavy atom. The third-order valence-corrected chi connectivity index (χ3v) is 4.08. The van der Waals surface area contributed by atoms with Crippen LogP contribution in [0.1, 0.15) is 36.1 Å². The van der Waals surface area contributed by atoms with Gasteiger partial charge in [0.1, 0.15) is 5.75 Å². The van der Waals surface area contributed by atoms with Crippen molar-refractivity contribution in [2.24, 2.45) is 7.05 Å². The largest absolute Gasteiger partial charge is 0.493 e. The summed E-state index contributed by atoms with van der Waals surface area (Å²) in [4.78, 5) is 0. The number of hydrogen-bond donors (Lipinski definition) is 1. The summed E-state index contributed by atoms with van der Waals surface area (Å²) < 4.78 is 7.85. The summed E-state index contributed by atoms with van der Waals surface area (Å²) >= 11 is 0. The lowest BCUT2D eigenvalue weighted by Gasteiger charge is -2.14. The van der Waals surface area contributed by atoms with E-state index in [0.717, 1.165) is 25.1 Å². The van der Waals surface area contributed by atoms with Crippen LogP contribution in [0.15, 0.2) is 30.6 Å². The molecule has 0 saturated carbocycles. The van der Waals surface area contributed by atoms with E-state index in [1.165, 1.54) is 23.1 Å². The third kappa shape index (κ3) is 3.10. The van der Waals surface area contributed by atoms with E-state index in [4.69, 9.17) is 4.74 Å². The molecule has 2 aromatic rings. The van der Waals surface area contributed by atoms with E-state index in [0.29, 0.717) is 12.6 Å². The molecule has 21 heavy (non-hydrogen) atoms. The first kappa shape index (κ1) is 14.1. The summed E-state index contributed by atoms with van der Waals surface area (Å²) in [5, 5.41) is 7.73. The first-order valence-corrected chi connectivity index (χ1v) is 7.73. The van der Waals surface area contributed by atoms with E-state index in [2.05, 4.69) is 35.5 Å². The van der Waals surface area contributed by atoms with Crippen LogP contribution in [-0.4, -0.2) is 22.9 Å². The molecule has 1 heterocycles. The van der Waals surface area contributed by atoms with E-state index in [1.54, 1.807) is 0 Å². The molecule has 1 unspecified atom stereocenters. The predicted octanol–water partition coefficient (Wildman–Crippen LogP) is 2.64. The minimum Gasteiger partial charge on any atom is -0.493 e. The van der Waals surface area contributed by atoms with E-state index < -0.39 is 0 Å². The molecule has 112 valence electrons. The van der Waals surface area contributed by atoms with Crippen molar-refractivity contribution in [1.82, 2.24) is 15.1 Å². The molecule has 0 fully saturated rings. The van der Waals surface area contributed by atoms with Crippen LogP contribution in [0.25, 0.3) is 0 Å². The summed E-state index contributed by atoms with van der Waals surface area (Å²) in [6.07, 6.45) is 7.12. The van der Waals surface area contributed by atoms with Crippen LogP contribution in [-0.2, 0) is 19.9 Å². The van der Waals surface area contributed by atoms with Crippen LogP contribution < -0.4 is 10.1 Å². The molecule has 1 aromatic heterocycles. The number of rotatable bonds is 6. The van der Waals surface area contributed by atoms with Gasteiger partial charge in [0, 0.05) is 25.7 Å². The minimum absolute atomic E-state index is 0.492. The number of nitrogens with one attached hydrogen (secondary N) is 1. The van der Waals surface area contributed by atoms with Gasteiger partial charge in [0.05, 0.1) is 12.8 Å². The van der Waals surface area contributed by atoms with Gasteiger partial charge in [-0.15, -0.1) is 0 Å². The molecular weight excluding hydrogens is 262 g/mol. The van der Waals surface area contributed by atoms with Crippen LogP contribution in [0.2, 0.25) is 0 Å². The van der Waals surface area contributed by atoms with Crippen molar-refractivity contribution in [3.63, 3.8) is 0 Å². The highest BCUT2D eigenvalue weighted by Gasteiger charge is 2.24. The van der Waals surface area contributed by atoms with Gasteiger partial charge in [-0.05, 0) is 42.1 Å². The number of aromatic nitrogens is 2. The molecule has 0 spiro atoms. The summed E-state index contributed by atoms with van der Waals surface area (Å²) in [5.74, 6) is 1.05. The lowest BCUT2D eigenvalue weighted by Crippen LogP contribution is -2.18. The highest BCUT2D eigenvalue weighted by Crippen LogP contribution is 2.36. The zero-order valence-corrected chi connectivity index (χ0v) is 12.8. The highest BCUT2D eigenvalue weighted by atomic mass is 16.5. The van der Waals surface area contributed by atoms with Gasteiger partial charge in [-0.3, -0.25) is 4.68 Å². The molecule has 4 heteroatoms. The Morgan fingerprint density at radius 1 is 1.43 bits per heavy atom. The second kappa shape index (κ2) is 6.31. The number of nitrogens with zero attached hydrogens (tertiary/aromatic N) is 2. The number of hydrogen-bond acceptors (Lipinski definition) is 3. The maximum absolute atomic E-state index is 6.02. The van der Waals surface area contributed by atoms with Crippen molar-refractivity contribution in [1.29, 1.82) is 0 Å². The molecule has 1 aliphatic carbocycles. The Balaban J connectivity index is 1.64. The molecule has 0 radical (unpaired) electrons. The Hall–Kier alpha value is -1.81. The molecule has 1 aliphatic rings. The fourth-order valence-corrected chi connectivity index (χ4v) is 3.09. The van der Waals surface area contributed by atoms with Crippen molar-refractivity contribution < 1.29 is 4.74 Å². The van der Waals surface area contributed by atoms with Crippen molar-refractivity contribution in [2.75, 3.05) is 13.2 Å². The standard InChI is InChI=1S/C17H23N3O/c1-3-18-16-8-7-15-14(16)5-4-6-17(15)21-10-9-13-11-19-20(2)12-13/h4-6,11-12,16,18H,3,7-10H2,1-2H3. The van der Waals surface area contributed by atoms with Gasteiger partial charge < -0.3 is 10.1 Å². The molecule has 0 bridgehead atoms. The SMILES string of the molecule is CCNC1CCc2c(OCCc3cnn(C)c3)cccc21. The second-order valence-electron chi connectivity index (χ2n) is 5.59. The van der Waals surface area contributed by atoms with Crippen LogP contribution >= 0.6 is 0 Å². The molecule has 0 amide bonds. The normalized spacial score (nSPS) is 17.0. The van der Waals surface area contributed by atoms with Gasteiger partial charge in [-0.25, -0.2) is 0 Å². The first-order chi connectivity index (χ1) is 10.3. The Kier molecular flexibility index (Phi) is 4.25. The van der Waals surface area contributed by atoms with Crippen molar-refractivity contribution in [3.8, 4) is 5.75 Å². The maximum atomic E-state index is 6.02. The number of benzene rings is 1. The molecule has 0 aliphatic heterocycles. The third-order valence-electron chi connectivity index (χ3n) is 4.08. The lowest BCUT2D eigenvalue weighted by atomic mass is 10.1. The molecule has 1 N–H and O–H groups in total. The lowest BCUT2D eigenvalue weighted by molar-refractivity contribution is 0.319. The molecule has 1 aromatic carbocycles. The molecule has 1 atom stereocenters. The monoisotopic (exact) mass is 285 g/mol. The van der Waals surface area contributed by atoms with Crippen molar-refractivity contribution >= 4 is 0 Å². The molecule has 4 nitrogen and oxygen atoms in total. The Morgan fingerprint density at radius 2 is 2.33 bits per heavy atom. The van der Waals surface area contributed by atoms with Crippen LogP contribution in [0.5, 0.6) is 5.75 Å². The number of ether oxygens (including phenoxy) is 1. The zero-order valence-electron chi connectivity index (χ0n) is 12.8. The number of aryl methyl sites for hydroxylation is 1. The Labute approximate surface area is 126 Å². The summed E-state index contributed by atoms with van der Waals surface area (Å²) in [6.45, 7) is 3.87. The zero-order chi connectivity index (χ0) is 14.7. The summed E-state index contributed by atoms with van der Waals surface area (Å²) in [7, 11) is 1.94. The van der Waals surface area contributed by atoms with Gasteiger partial charge in [0.2, 0.25) is 0 Å². The molecular formula is C17H23N3O. The average molecular weight is 285 g/mol. The Bertz CT molecular complexity index is 606. The van der Waals surface area contributed by atoms with Crippen molar-refractivity contribution in [3.05, 3.63) is 47.3 Å². The van der Waals surface area contributed by atoms with E-state index >= 15 is 0 Å². The van der Waals surface area contributed by atoms with Gasteiger partial charge in [-0.1, -0.05) is 19.1 Å². The number of fused-ring (bicyclic) bond motifs is 1. The fourth-order valence-electron chi connectivity index (χ4n) is 3.09. The maximum Gasteiger partial charge on any atom is 0.122 e. The minimum atomic E-state index is 0.492. The van der Waals surface area contributed by atoms with Gasteiger partial charge in [0.25, 0.3) is 0 Å². The summed E-state index contributed by atoms with van der Waals surface area (Å²) in [5.41, 5.74) is 4.01. The quantitative estimate of drug-likeness (QED) is 0.887. The van der Waals surface area contributed by atoms with E-state index in [9.17, 15) is 0 Å². The fraction of sp³-hybridized carbons (Fsp3) is 0.471. The summed E-state index contributed by atoms with van der Waals surface area (Å²) in [6, 6.07) is 6.92. The molecule has 3 rings (SSSR count). The van der Waals surface area contributed by atoms with Gasteiger partial charge >= 0.3 is 0 Å². The van der Waals surface area contributed by atoms with E-state index in [-0.39, 0.29) is 0 Å². The smallest absolute Gasteiger partial charge is 0.122 e. The first-order valence-electron chi connectivity index (χ1n) is 7.73.